The number of benzene rings is 1. The number of rotatable bonds is 5. The van der Waals surface area contributed by atoms with E-state index in [4.69, 9.17) is 11.6 Å². The lowest BCUT2D eigenvalue weighted by Gasteiger charge is -2.25. The smallest absolute Gasteiger partial charge is 0.124 e. The number of nitrogens with one attached hydrogen (secondary N) is 1. The Balaban J connectivity index is 2.71. The van der Waals surface area contributed by atoms with Crippen LogP contribution >= 0.6 is 11.6 Å². The second kappa shape index (κ2) is 5.65. The van der Waals surface area contributed by atoms with E-state index in [1.54, 1.807) is 6.07 Å². The van der Waals surface area contributed by atoms with Crippen LogP contribution in [0.3, 0.4) is 0 Å². The van der Waals surface area contributed by atoms with Crippen LogP contribution in [0.25, 0.3) is 0 Å². The van der Waals surface area contributed by atoms with Gasteiger partial charge in [-0.05, 0) is 49.5 Å². The topological polar surface area (TPSA) is 12.0 Å². The fourth-order valence-corrected chi connectivity index (χ4v) is 1.97. The largest absolute Gasteiger partial charge is 0.320 e. The molecule has 0 spiro atoms. The Hall–Kier alpha value is -0.600. The average molecular weight is 244 g/mol. The molecule has 0 fully saturated rings. The molecule has 1 aromatic carbocycles. The fourth-order valence-electron chi connectivity index (χ4n) is 1.73. The summed E-state index contributed by atoms with van der Waals surface area (Å²) < 4.78 is 12.9. The Morgan fingerprint density at radius 1 is 1.38 bits per heavy atom. The van der Waals surface area contributed by atoms with E-state index in [-0.39, 0.29) is 11.2 Å². The van der Waals surface area contributed by atoms with Crippen LogP contribution in [-0.2, 0) is 6.42 Å². The second-order valence-corrected chi connectivity index (χ2v) is 5.34. The predicted molar refractivity (Wildman–Crippen MR) is 67.4 cm³/mol. The highest BCUT2D eigenvalue weighted by atomic mass is 35.5. The summed E-state index contributed by atoms with van der Waals surface area (Å²) in [6.07, 6.45) is 1.94. The lowest BCUT2D eigenvalue weighted by molar-refractivity contribution is 0.329. The summed E-state index contributed by atoms with van der Waals surface area (Å²) in [6.45, 7) is 5.37. The summed E-state index contributed by atoms with van der Waals surface area (Å²) in [6, 6.07) is 4.62. The van der Waals surface area contributed by atoms with Crippen molar-refractivity contribution in [3.63, 3.8) is 0 Å². The van der Waals surface area contributed by atoms with Gasteiger partial charge >= 0.3 is 0 Å². The molecule has 0 aliphatic carbocycles. The molecule has 0 unspecified atom stereocenters. The van der Waals surface area contributed by atoms with Crippen molar-refractivity contribution >= 4 is 11.6 Å². The molecule has 90 valence electrons. The molecule has 0 saturated heterocycles. The van der Waals surface area contributed by atoms with E-state index in [2.05, 4.69) is 19.2 Å². The Bertz CT molecular complexity index is 350. The lowest BCUT2D eigenvalue weighted by Crippen LogP contribution is -2.21. The summed E-state index contributed by atoms with van der Waals surface area (Å²) in [5, 5.41) is 3.67. The van der Waals surface area contributed by atoms with Gasteiger partial charge < -0.3 is 5.32 Å². The molecule has 0 heterocycles. The molecule has 0 bridgehead atoms. The molecule has 0 amide bonds. The van der Waals surface area contributed by atoms with Gasteiger partial charge in [-0.15, -0.1) is 0 Å². The summed E-state index contributed by atoms with van der Waals surface area (Å²) in [7, 11) is 1.95. The standard InChI is InChI=1S/C13H19ClFN/c1-13(2,6-7-16-3)9-10-4-5-11(15)8-12(10)14/h4-5,8,16H,6-7,9H2,1-3H3. The highest BCUT2D eigenvalue weighted by Crippen LogP contribution is 2.29. The zero-order chi connectivity index (χ0) is 12.2. The molecule has 1 aromatic rings. The molecule has 1 rings (SSSR count). The van der Waals surface area contributed by atoms with E-state index >= 15 is 0 Å². The predicted octanol–water partition coefficient (Wildman–Crippen LogP) is 3.66. The van der Waals surface area contributed by atoms with Crippen molar-refractivity contribution in [3.05, 3.63) is 34.6 Å². The van der Waals surface area contributed by atoms with Crippen molar-refractivity contribution < 1.29 is 4.39 Å². The van der Waals surface area contributed by atoms with Crippen LogP contribution in [0, 0.1) is 11.2 Å². The molecular formula is C13H19ClFN. The normalized spacial score (nSPS) is 11.8. The van der Waals surface area contributed by atoms with Gasteiger partial charge in [-0.25, -0.2) is 4.39 Å². The van der Waals surface area contributed by atoms with Crippen molar-refractivity contribution in [2.45, 2.75) is 26.7 Å². The van der Waals surface area contributed by atoms with E-state index in [1.165, 1.54) is 12.1 Å². The quantitative estimate of drug-likeness (QED) is 0.832. The second-order valence-electron chi connectivity index (χ2n) is 4.93. The van der Waals surface area contributed by atoms with Crippen molar-refractivity contribution in [2.75, 3.05) is 13.6 Å². The zero-order valence-corrected chi connectivity index (χ0v) is 10.9. The number of halogens is 2. The summed E-state index contributed by atoms with van der Waals surface area (Å²) in [5.74, 6) is -0.276. The molecule has 1 N–H and O–H groups in total. The number of hydrogen-bond acceptors (Lipinski definition) is 1. The van der Waals surface area contributed by atoms with Gasteiger partial charge in [-0.3, -0.25) is 0 Å². The first-order chi connectivity index (χ1) is 7.44. The van der Waals surface area contributed by atoms with Crippen LogP contribution < -0.4 is 5.32 Å². The van der Waals surface area contributed by atoms with E-state index in [1.807, 2.05) is 7.05 Å². The van der Waals surface area contributed by atoms with Crippen LogP contribution in [0.1, 0.15) is 25.8 Å². The minimum absolute atomic E-state index is 0.171. The van der Waals surface area contributed by atoms with E-state index < -0.39 is 0 Å². The Labute approximate surface area is 102 Å². The van der Waals surface area contributed by atoms with Gasteiger partial charge in [-0.1, -0.05) is 31.5 Å². The van der Waals surface area contributed by atoms with Crippen LogP contribution in [-0.4, -0.2) is 13.6 Å². The SMILES string of the molecule is CNCCC(C)(C)Cc1ccc(F)cc1Cl. The van der Waals surface area contributed by atoms with Crippen LogP contribution in [0.2, 0.25) is 5.02 Å². The van der Waals surface area contributed by atoms with E-state index in [0.717, 1.165) is 24.9 Å². The highest BCUT2D eigenvalue weighted by Gasteiger charge is 2.19. The van der Waals surface area contributed by atoms with Gasteiger partial charge in [0, 0.05) is 5.02 Å². The zero-order valence-electron chi connectivity index (χ0n) is 10.1. The first-order valence-corrected chi connectivity index (χ1v) is 5.91. The van der Waals surface area contributed by atoms with Crippen molar-refractivity contribution in [2.24, 2.45) is 5.41 Å². The molecule has 0 aliphatic rings. The minimum atomic E-state index is -0.276. The molecule has 0 aromatic heterocycles. The molecule has 3 heteroatoms. The van der Waals surface area contributed by atoms with Gasteiger partial charge in [0.15, 0.2) is 0 Å². The van der Waals surface area contributed by atoms with Crippen molar-refractivity contribution in [1.29, 1.82) is 0 Å². The lowest BCUT2D eigenvalue weighted by atomic mass is 9.82. The van der Waals surface area contributed by atoms with Crippen molar-refractivity contribution in [3.8, 4) is 0 Å². The molecule has 16 heavy (non-hydrogen) atoms. The maximum Gasteiger partial charge on any atom is 0.124 e. The Morgan fingerprint density at radius 3 is 2.62 bits per heavy atom. The molecule has 0 atom stereocenters. The Morgan fingerprint density at radius 2 is 2.06 bits per heavy atom. The highest BCUT2D eigenvalue weighted by molar-refractivity contribution is 6.31. The third-order valence-electron chi connectivity index (χ3n) is 2.74. The summed E-state index contributed by atoms with van der Waals surface area (Å²) in [4.78, 5) is 0. The van der Waals surface area contributed by atoms with Crippen LogP contribution in [0.15, 0.2) is 18.2 Å². The monoisotopic (exact) mass is 243 g/mol. The third-order valence-corrected chi connectivity index (χ3v) is 3.09. The average Bonchev–Trinajstić information content (AvgIpc) is 2.19. The maximum absolute atomic E-state index is 12.9. The molecule has 0 radical (unpaired) electrons. The number of hydrogen-bond donors (Lipinski definition) is 1. The van der Waals surface area contributed by atoms with Gasteiger partial charge in [0.25, 0.3) is 0 Å². The van der Waals surface area contributed by atoms with Gasteiger partial charge in [0.05, 0.1) is 0 Å². The first-order valence-electron chi connectivity index (χ1n) is 5.53. The summed E-state index contributed by atoms with van der Waals surface area (Å²) >= 11 is 6.01. The van der Waals surface area contributed by atoms with Gasteiger partial charge in [0.2, 0.25) is 0 Å². The first kappa shape index (κ1) is 13.5. The van der Waals surface area contributed by atoms with E-state index in [9.17, 15) is 4.39 Å². The fraction of sp³-hybridized carbons (Fsp3) is 0.538. The van der Waals surface area contributed by atoms with Gasteiger partial charge in [0.1, 0.15) is 5.82 Å². The van der Waals surface area contributed by atoms with E-state index in [0.29, 0.717) is 5.02 Å². The maximum atomic E-state index is 12.9. The minimum Gasteiger partial charge on any atom is -0.320 e. The molecule has 0 aliphatic heterocycles. The van der Waals surface area contributed by atoms with Crippen molar-refractivity contribution in [1.82, 2.24) is 5.32 Å². The molecular weight excluding hydrogens is 225 g/mol. The van der Waals surface area contributed by atoms with Gasteiger partial charge in [-0.2, -0.15) is 0 Å². The van der Waals surface area contributed by atoms with Crippen LogP contribution in [0.4, 0.5) is 4.39 Å². The third kappa shape index (κ3) is 4.11. The molecule has 0 saturated carbocycles. The van der Waals surface area contributed by atoms with Crippen LogP contribution in [0.5, 0.6) is 0 Å². The molecule has 1 nitrogen and oxygen atoms in total. The Kier molecular flexibility index (Phi) is 4.75. The summed E-state index contributed by atoms with van der Waals surface area (Å²) in [5.41, 5.74) is 1.19.